The molecule has 1 amide bonds. The van der Waals surface area contributed by atoms with Crippen molar-refractivity contribution in [2.24, 2.45) is 0 Å². The van der Waals surface area contributed by atoms with Crippen LogP contribution in [0.25, 0.3) is 0 Å². The van der Waals surface area contributed by atoms with Gasteiger partial charge in [-0.2, -0.15) is 4.72 Å². The van der Waals surface area contributed by atoms with Crippen LogP contribution in [0.3, 0.4) is 0 Å². The standard InChI is InChI=1S/C24H24BrClN2O4S/c1-16(18-9-6-10-19(25)14-18)27-24(29)21(13-17-7-4-3-5-8-17)28-33(30,31)23-15-20(26)11-12-22(23)32-2/h3-12,14-16,21,28H,13H2,1-2H3,(H,27,29)/t16-,21+/m1/s1. The van der Waals surface area contributed by atoms with E-state index in [1.807, 2.05) is 61.5 Å². The third-order valence-corrected chi connectivity index (χ3v) is 7.24. The zero-order chi connectivity index (χ0) is 24.0. The summed E-state index contributed by atoms with van der Waals surface area (Å²) in [6.07, 6.45) is 0.167. The monoisotopic (exact) mass is 550 g/mol. The molecular formula is C24H24BrClN2O4S. The number of sulfonamides is 1. The van der Waals surface area contributed by atoms with Gasteiger partial charge in [0, 0.05) is 9.50 Å². The molecule has 0 aliphatic rings. The summed E-state index contributed by atoms with van der Waals surface area (Å²) in [7, 11) is -2.75. The second-order valence-corrected chi connectivity index (χ2v) is 10.5. The van der Waals surface area contributed by atoms with Crippen LogP contribution in [-0.4, -0.2) is 27.5 Å². The largest absolute Gasteiger partial charge is 0.495 e. The van der Waals surface area contributed by atoms with Crippen molar-refractivity contribution in [3.63, 3.8) is 0 Å². The first kappa shape index (κ1) is 25.2. The molecule has 0 saturated carbocycles. The zero-order valence-electron chi connectivity index (χ0n) is 18.1. The van der Waals surface area contributed by atoms with Crippen LogP contribution in [0, 0.1) is 0 Å². The number of halogens is 2. The number of hydrogen-bond acceptors (Lipinski definition) is 4. The Labute approximate surface area is 207 Å². The van der Waals surface area contributed by atoms with Crippen LogP contribution in [0.2, 0.25) is 5.02 Å². The van der Waals surface area contributed by atoms with Gasteiger partial charge < -0.3 is 10.1 Å². The fraction of sp³-hybridized carbons (Fsp3) is 0.208. The van der Waals surface area contributed by atoms with E-state index in [1.54, 1.807) is 0 Å². The van der Waals surface area contributed by atoms with Gasteiger partial charge in [-0.05, 0) is 54.8 Å². The highest BCUT2D eigenvalue weighted by molar-refractivity contribution is 9.10. The summed E-state index contributed by atoms with van der Waals surface area (Å²) in [6, 6.07) is 19.7. The van der Waals surface area contributed by atoms with Gasteiger partial charge in [0.05, 0.1) is 13.2 Å². The fourth-order valence-corrected chi connectivity index (χ4v) is 5.37. The molecule has 0 radical (unpaired) electrons. The molecule has 2 N–H and O–H groups in total. The van der Waals surface area contributed by atoms with E-state index in [0.29, 0.717) is 0 Å². The summed E-state index contributed by atoms with van der Waals surface area (Å²) in [6.45, 7) is 1.84. The van der Waals surface area contributed by atoms with Gasteiger partial charge in [-0.25, -0.2) is 8.42 Å². The van der Waals surface area contributed by atoms with Crippen LogP contribution >= 0.6 is 27.5 Å². The van der Waals surface area contributed by atoms with E-state index in [2.05, 4.69) is 26.0 Å². The molecule has 0 aromatic heterocycles. The number of ether oxygens (including phenoxy) is 1. The average molecular weight is 552 g/mol. The van der Waals surface area contributed by atoms with Gasteiger partial charge in [0.1, 0.15) is 16.7 Å². The maximum Gasteiger partial charge on any atom is 0.245 e. The second kappa shape index (κ2) is 11.2. The Bertz CT molecular complexity index is 1220. The predicted octanol–water partition coefficient (Wildman–Crippen LogP) is 4.88. The highest BCUT2D eigenvalue weighted by Gasteiger charge is 2.29. The van der Waals surface area contributed by atoms with Crippen LogP contribution in [-0.2, 0) is 21.2 Å². The molecule has 0 saturated heterocycles. The van der Waals surface area contributed by atoms with Gasteiger partial charge in [-0.1, -0.05) is 70.0 Å². The van der Waals surface area contributed by atoms with Gasteiger partial charge in [-0.3, -0.25) is 4.79 Å². The lowest BCUT2D eigenvalue weighted by molar-refractivity contribution is -0.123. The number of amides is 1. The van der Waals surface area contributed by atoms with Gasteiger partial charge in [-0.15, -0.1) is 0 Å². The first-order valence-corrected chi connectivity index (χ1v) is 12.8. The minimum Gasteiger partial charge on any atom is -0.495 e. The van der Waals surface area contributed by atoms with Crippen molar-refractivity contribution in [2.45, 2.75) is 30.3 Å². The van der Waals surface area contributed by atoms with Gasteiger partial charge in [0.2, 0.25) is 15.9 Å². The molecule has 0 aliphatic carbocycles. The minimum atomic E-state index is -4.12. The predicted molar refractivity (Wildman–Crippen MR) is 133 cm³/mol. The summed E-state index contributed by atoms with van der Waals surface area (Å²) in [4.78, 5) is 13.1. The lowest BCUT2D eigenvalue weighted by Crippen LogP contribution is -2.48. The SMILES string of the molecule is COc1ccc(Cl)cc1S(=O)(=O)N[C@@H](Cc1ccccc1)C(=O)N[C@H](C)c1cccc(Br)c1. The van der Waals surface area contributed by atoms with Crippen LogP contribution in [0.4, 0.5) is 0 Å². The second-order valence-electron chi connectivity index (χ2n) is 7.44. The maximum absolute atomic E-state index is 13.2. The van der Waals surface area contributed by atoms with E-state index in [9.17, 15) is 13.2 Å². The molecule has 9 heteroatoms. The molecule has 0 heterocycles. The third-order valence-electron chi connectivity index (χ3n) is 5.02. The van der Waals surface area contributed by atoms with Gasteiger partial charge in [0.25, 0.3) is 0 Å². The van der Waals surface area contributed by atoms with E-state index < -0.39 is 22.0 Å². The van der Waals surface area contributed by atoms with Crippen molar-refractivity contribution in [3.8, 4) is 5.75 Å². The number of nitrogens with one attached hydrogen (secondary N) is 2. The van der Waals surface area contributed by atoms with Gasteiger partial charge >= 0.3 is 0 Å². The van der Waals surface area contributed by atoms with Crippen molar-refractivity contribution in [1.82, 2.24) is 10.0 Å². The third kappa shape index (κ3) is 6.80. The number of carbonyl (C=O) groups is 1. The van der Waals surface area contributed by atoms with E-state index in [-0.39, 0.29) is 28.1 Å². The van der Waals surface area contributed by atoms with Crippen molar-refractivity contribution < 1.29 is 17.9 Å². The highest BCUT2D eigenvalue weighted by atomic mass is 79.9. The molecule has 0 fully saturated rings. The van der Waals surface area contributed by atoms with Crippen molar-refractivity contribution in [2.75, 3.05) is 7.11 Å². The average Bonchev–Trinajstić information content (AvgIpc) is 2.79. The summed E-state index contributed by atoms with van der Waals surface area (Å²) in [5.41, 5.74) is 1.70. The summed E-state index contributed by atoms with van der Waals surface area (Å²) >= 11 is 9.46. The fourth-order valence-electron chi connectivity index (χ4n) is 3.32. The molecule has 3 rings (SSSR count). The summed E-state index contributed by atoms with van der Waals surface area (Å²) in [5.74, 6) is -0.316. The normalized spacial score (nSPS) is 13.2. The molecule has 3 aromatic rings. The number of hydrogen-bond donors (Lipinski definition) is 2. The van der Waals surface area contributed by atoms with Crippen LogP contribution < -0.4 is 14.8 Å². The van der Waals surface area contributed by atoms with E-state index in [0.717, 1.165) is 15.6 Å². The summed E-state index contributed by atoms with van der Waals surface area (Å²) < 4.78 is 35.1. The number of methoxy groups -OCH3 is 1. The number of rotatable bonds is 9. The minimum absolute atomic E-state index is 0.133. The Morgan fingerprint density at radius 2 is 1.79 bits per heavy atom. The summed E-state index contributed by atoms with van der Waals surface area (Å²) in [5, 5.41) is 3.15. The zero-order valence-corrected chi connectivity index (χ0v) is 21.2. The van der Waals surface area contributed by atoms with Crippen LogP contribution in [0.15, 0.2) is 82.2 Å². The van der Waals surface area contributed by atoms with Crippen molar-refractivity contribution >= 4 is 43.5 Å². The Balaban J connectivity index is 1.89. The Hall–Kier alpha value is -2.39. The smallest absolute Gasteiger partial charge is 0.245 e. The maximum atomic E-state index is 13.2. The molecule has 2 atom stereocenters. The van der Waals surface area contributed by atoms with E-state index >= 15 is 0 Å². The molecule has 3 aromatic carbocycles. The Morgan fingerprint density at radius 1 is 1.06 bits per heavy atom. The first-order chi connectivity index (χ1) is 15.7. The molecule has 0 unspecified atom stereocenters. The van der Waals surface area contributed by atoms with E-state index in [1.165, 1.54) is 25.3 Å². The van der Waals surface area contributed by atoms with Gasteiger partial charge in [0.15, 0.2) is 0 Å². The topological polar surface area (TPSA) is 84.5 Å². The Kier molecular flexibility index (Phi) is 8.53. The lowest BCUT2D eigenvalue weighted by atomic mass is 10.0. The quantitative estimate of drug-likeness (QED) is 0.397. The molecule has 0 aliphatic heterocycles. The number of benzene rings is 3. The number of carbonyl (C=O) groups excluding carboxylic acids is 1. The molecular weight excluding hydrogens is 528 g/mol. The molecule has 33 heavy (non-hydrogen) atoms. The van der Waals surface area contributed by atoms with E-state index in [4.69, 9.17) is 16.3 Å². The Morgan fingerprint density at radius 3 is 2.45 bits per heavy atom. The van der Waals surface area contributed by atoms with Crippen molar-refractivity contribution in [1.29, 1.82) is 0 Å². The molecule has 0 bridgehead atoms. The highest BCUT2D eigenvalue weighted by Crippen LogP contribution is 2.27. The molecule has 6 nitrogen and oxygen atoms in total. The molecule has 0 spiro atoms. The first-order valence-electron chi connectivity index (χ1n) is 10.1. The van der Waals surface area contributed by atoms with Crippen LogP contribution in [0.1, 0.15) is 24.1 Å². The van der Waals surface area contributed by atoms with Crippen molar-refractivity contribution in [3.05, 3.63) is 93.4 Å². The lowest BCUT2D eigenvalue weighted by Gasteiger charge is -2.22. The molecule has 174 valence electrons. The van der Waals surface area contributed by atoms with Crippen LogP contribution in [0.5, 0.6) is 5.75 Å².